The van der Waals surface area contributed by atoms with Crippen molar-refractivity contribution in [1.82, 2.24) is 0 Å². The SMILES string of the molecule is Nc1ccc(N2CCN(c3c(F)c(F)c(F)c(F)c3F)CC2)c(Cl)c1. The molecule has 0 unspecified atom stereocenters. The number of halogens is 6. The van der Waals surface area contributed by atoms with E-state index in [0.29, 0.717) is 29.5 Å². The van der Waals surface area contributed by atoms with Crippen LogP contribution in [0.1, 0.15) is 0 Å². The molecular weight excluding hydrogens is 365 g/mol. The Morgan fingerprint density at radius 3 is 1.76 bits per heavy atom. The van der Waals surface area contributed by atoms with E-state index in [-0.39, 0.29) is 13.1 Å². The molecule has 0 bridgehead atoms. The quantitative estimate of drug-likeness (QED) is 0.372. The Morgan fingerprint density at radius 1 is 0.760 bits per heavy atom. The van der Waals surface area contributed by atoms with Gasteiger partial charge in [-0.3, -0.25) is 0 Å². The Balaban J connectivity index is 1.84. The van der Waals surface area contributed by atoms with E-state index in [1.807, 2.05) is 4.90 Å². The Bertz CT molecular complexity index is 793. The number of hydrogen-bond acceptors (Lipinski definition) is 3. The maximum atomic E-state index is 13.9. The van der Waals surface area contributed by atoms with Crippen molar-refractivity contribution in [3.8, 4) is 0 Å². The second kappa shape index (κ2) is 6.59. The summed E-state index contributed by atoms with van der Waals surface area (Å²) < 4.78 is 67.7. The first-order valence-electron chi connectivity index (χ1n) is 7.37. The molecule has 2 aromatic carbocycles. The van der Waals surface area contributed by atoms with Gasteiger partial charge in [-0.15, -0.1) is 0 Å². The maximum Gasteiger partial charge on any atom is 0.200 e. The summed E-state index contributed by atoms with van der Waals surface area (Å²) in [6.45, 7) is 0.727. The van der Waals surface area contributed by atoms with Crippen LogP contribution < -0.4 is 15.5 Å². The summed E-state index contributed by atoms with van der Waals surface area (Å²) in [6, 6.07) is 4.96. The van der Waals surface area contributed by atoms with Crippen LogP contribution in [0.5, 0.6) is 0 Å². The Morgan fingerprint density at radius 2 is 1.24 bits per heavy atom. The third kappa shape index (κ3) is 3.06. The van der Waals surface area contributed by atoms with Crippen LogP contribution in [0.25, 0.3) is 0 Å². The summed E-state index contributed by atoms with van der Waals surface area (Å²) in [6.07, 6.45) is 0. The highest BCUT2D eigenvalue weighted by molar-refractivity contribution is 6.33. The standard InChI is InChI=1S/C16H13ClF5N3/c17-9-7-8(23)1-2-10(9)24-3-5-25(6-4-24)16-14(21)12(19)11(18)13(20)15(16)22/h1-2,7H,3-6,23H2. The van der Waals surface area contributed by atoms with Crippen molar-refractivity contribution in [3.63, 3.8) is 0 Å². The average molecular weight is 378 g/mol. The minimum Gasteiger partial charge on any atom is -0.399 e. The van der Waals surface area contributed by atoms with Crippen molar-refractivity contribution < 1.29 is 22.0 Å². The summed E-state index contributed by atoms with van der Waals surface area (Å²) in [4.78, 5) is 2.99. The Labute approximate surface area is 145 Å². The highest BCUT2D eigenvalue weighted by Gasteiger charge is 2.31. The first-order chi connectivity index (χ1) is 11.8. The summed E-state index contributed by atoms with van der Waals surface area (Å²) in [7, 11) is 0. The van der Waals surface area contributed by atoms with E-state index in [0.717, 1.165) is 4.90 Å². The van der Waals surface area contributed by atoms with Gasteiger partial charge in [0.1, 0.15) is 5.69 Å². The van der Waals surface area contributed by atoms with Gasteiger partial charge >= 0.3 is 0 Å². The van der Waals surface area contributed by atoms with Gasteiger partial charge in [0.2, 0.25) is 5.82 Å². The second-order valence-electron chi connectivity index (χ2n) is 5.60. The number of nitrogens with two attached hydrogens (primary N) is 1. The lowest BCUT2D eigenvalue weighted by atomic mass is 10.2. The number of hydrogen-bond donors (Lipinski definition) is 1. The number of benzene rings is 2. The van der Waals surface area contributed by atoms with Gasteiger partial charge in [0.25, 0.3) is 0 Å². The monoisotopic (exact) mass is 377 g/mol. The van der Waals surface area contributed by atoms with Gasteiger partial charge in [-0.1, -0.05) is 11.6 Å². The summed E-state index contributed by atoms with van der Waals surface area (Å²) in [5.41, 5.74) is 5.91. The maximum absolute atomic E-state index is 13.9. The molecule has 9 heteroatoms. The van der Waals surface area contributed by atoms with Gasteiger partial charge in [-0.25, -0.2) is 22.0 Å². The lowest BCUT2D eigenvalue weighted by Crippen LogP contribution is -2.47. The van der Waals surface area contributed by atoms with E-state index in [9.17, 15) is 22.0 Å². The molecular formula is C16H13ClF5N3. The summed E-state index contributed by atoms with van der Waals surface area (Å²) >= 11 is 6.13. The van der Waals surface area contributed by atoms with Crippen molar-refractivity contribution in [2.24, 2.45) is 0 Å². The number of nitrogens with zero attached hydrogens (tertiary/aromatic N) is 2. The molecule has 0 radical (unpaired) electrons. The van der Waals surface area contributed by atoms with Crippen LogP contribution >= 0.6 is 11.6 Å². The zero-order chi connectivity index (χ0) is 18.3. The molecule has 134 valence electrons. The lowest BCUT2D eigenvalue weighted by molar-refractivity contribution is 0.377. The van der Waals surface area contributed by atoms with Gasteiger partial charge in [0, 0.05) is 31.9 Å². The number of rotatable bonds is 2. The smallest absolute Gasteiger partial charge is 0.200 e. The minimum absolute atomic E-state index is 0.0685. The van der Waals surface area contributed by atoms with Crippen molar-refractivity contribution in [1.29, 1.82) is 0 Å². The fraction of sp³-hybridized carbons (Fsp3) is 0.250. The first kappa shape index (κ1) is 17.6. The molecule has 2 aromatic rings. The van der Waals surface area contributed by atoms with E-state index in [4.69, 9.17) is 17.3 Å². The molecule has 1 aliphatic heterocycles. The van der Waals surface area contributed by atoms with Crippen LogP contribution in [0.3, 0.4) is 0 Å². The van der Waals surface area contributed by atoms with E-state index in [1.165, 1.54) is 0 Å². The van der Waals surface area contributed by atoms with Gasteiger partial charge in [-0.05, 0) is 18.2 Å². The highest BCUT2D eigenvalue weighted by atomic mass is 35.5. The molecule has 3 rings (SSSR count). The molecule has 0 aliphatic carbocycles. The average Bonchev–Trinajstić information content (AvgIpc) is 2.59. The largest absolute Gasteiger partial charge is 0.399 e. The molecule has 0 spiro atoms. The van der Waals surface area contributed by atoms with Crippen LogP contribution in [0.2, 0.25) is 5.02 Å². The van der Waals surface area contributed by atoms with Crippen LogP contribution in [-0.4, -0.2) is 26.2 Å². The van der Waals surface area contributed by atoms with Gasteiger partial charge in [0.05, 0.1) is 10.7 Å². The Kier molecular flexibility index (Phi) is 4.64. The zero-order valence-electron chi connectivity index (χ0n) is 12.8. The number of piperazine rings is 1. The van der Waals surface area contributed by atoms with Gasteiger partial charge < -0.3 is 15.5 Å². The van der Waals surface area contributed by atoms with Crippen molar-refractivity contribution in [2.45, 2.75) is 0 Å². The molecule has 25 heavy (non-hydrogen) atoms. The normalized spacial score (nSPS) is 15.0. The van der Waals surface area contributed by atoms with Gasteiger partial charge in [0.15, 0.2) is 23.3 Å². The molecule has 0 aromatic heterocycles. The highest BCUT2D eigenvalue weighted by Crippen LogP contribution is 2.33. The Hall–Kier alpha value is -2.22. The molecule has 2 N–H and O–H groups in total. The first-order valence-corrected chi connectivity index (χ1v) is 7.75. The van der Waals surface area contributed by atoms with Crippen LogP contribution in [0.15, 0.2) is 18.2 Å². The second-order valence-corrected chi connectivity index (χ2v) is 6.01. The predicted molar refractivity (Wildman–Crippen MR) is 86.5 cm³/mol. The molecule has 1 heterocycles. The van der Waals surface area contributed by atoms with Crippen LogP contribution in [0.4, 0.5) is 39.0 Å². The molecule has 3 nitrogen and oxygen atoms in total. The van der Waals surface area contributed by atoms with E-state index in [1.54, 1.807) is 18.2 Å². The van der Waals surface area contributed by atoms with E-state index in [2.05, 4.69) is 0 Å². The minimum atomic E-state index is -2.16. The third-order valence-corrected chi connectivity index (χ3v) is 4.40. The number of anilines is 3. The van der Waals surface area contributed by atoms with Crippen molar-refractivity contribution >= 4 is 28.7 Å². The molecule has 1 saturated heterocycles. The topological polar surface area (TPSA) is 32.5 Å². The third-order valence-electron chi connectivity index (χ3n) is 4.09. The fourth-order valence-corrected chi connectivity index (χ4v) is 3.13. The predicted octanol–water partition coefficient (Wildman–Crippen LogP) is 3.94. The summed E-state index contributed by atoms with van der Waals surface area (Å²) in [5, 5.41) is 0.421. The van der Waals surface area contributed by atoms with Crippen LogP contribution in [0, 0.1) is 29.1 Å². The summed E-state index contributed by atoms with van der Waals surface area (Å²) in [5.74, 6) is -9.70. The molecule has 0 amide bonds. The van der Waals surface area contributed by atoms with Crippen molar-refractivity contribution in [3.05, 3.63) is 52.3 Å². The lowest BCUT2D eigenvalue weighted by Gasteiger charge is -2.38. The van der Waals surface area contributed by atoms with Crippen LogP contribution in [-0.2, 0) is 0 Å². The van der Waals surface area contributed by atoms with E-state index < -0.39 is 34.8 Å². The molecule has 0 saturated carbocycles. The van der Waals surface area contributed by atoms with Crippen molar-refractivity contribution in [2.75, 3.05) is 41.7 Å². The number of nitrogen functional groups attached to an aromatic ring is 1. The molecule has 1 aliphatic rings. The molecule has 0 atom stereocenters. The fourth-order valence-electron chi connectivity index (χ4n) is 2.82. The van der Waals surface area contributed by atoms with Gasteiger partial charge in [-0.2, -0.15) is 0 Å². The zero-order valence-corrected chi connectivity index (χ0v) is 13.6. The molecule has 1 fully saturated rings. The van der Waals surface area contributed by atoms with E-state index >= 15 is 0 Å².